The lowest BCUT2D eigenvalue weighted by Gasteiger charge is -2.36. The molecule has 0 bridgehead atoms. The lowest BCUT2D eigenvalue weighted by atomic mass is 9.34. The number of nitrogens with zero attached hydrogens (tertiary/aromatic N) is 3. The van der Waals surface area contributed by atoms with Crippen molar-refractivity contribution in [1.82, 2.24) is 13.7 Å². The molecule has 2 aliphatic rings. The molecule has 68 heavy (non-hydrogen) atoms. The molecule has 5 heterocycles. The van der Waals surface area contributed by atoms with Crippen LogP contribution in [0.4, 0.5) is 0 Å². The number of hydrogen-bond donors (Lipinski definition) is 0. The summed E-state index contributed by atoms with van der Waals surface area (Å²) in [6.07, 6.45) is 0. The van der Waals surface area contributed by atoms with Gasteiger partial charge in [0.15, 0.2) is 0 Å². The molecular weight excluding hydrogens is 822 g/mol. The van der Waals surface area contributed by atoms with Crippen molar-refractivity contribution in [2.24, 2.45) is 0 Å². The van der Waals surface area contributed by atoms with Gasteiger partial charge in [0.2, 0.25) is 0 Å². The van der Waals surface area contributed by atoms with Gasteiger partial charge in [0.1, 0.15) is 0 Å². The fraction of sp³-hybridized carbons (Fsp3) is 0.250. The minimum atomic E-state index is -0.0558. The Morgan fingerprint density at radius 1 is 0.324 bits per heavy atom. The van der Waals surface area contributed by atoms with Crippen molar-refractivity contribution in [3.63, 3.8) is 0 Å². The fourth-order valence-electron chi connectivity index (χ4n) is 12.1. The van der Waals surface area contributed by atoms with E-state index in [1.807, 2.05) is 0 Å². The number of aromatic nitrogens is 3. The Morgan fingerprint density at radius 3 is 1.18 bits per heavy atom. The molecule has 3 nitrogen and oxygen atoms in total. The Morgan fingerprint density at radius 2 is 0.721 bits per heavy atom. The van der Waals surface area contributed by atoms with Crippen molar-refractivity contribution in [3.8, 4) is 28.2 Å². The number of para-hydroxylation sites is 3. The molecule has 0 saturated carbocycles. The SMILES string of the molecule is CC(C)(C)c1ccc2c(c1)c1cc(C(C)(C)C)cc3c1n2-c1cc(-c2ccccc2-n2c4ccccc4c4ccccc42)cc2c1B3c1cc(C(C)(C)C)cc3c4cc(C(C)(C)C)ccc4n-2c13. The molecule has 2 aliphatic heterocycles. The van der Waals surface area contributed by atoms with Crippen LogP contribution < -0.4 is 16.4 Å². The molecule has 0 amide bonds. The molecule has 11 aromatic rings. The first-order valence-corrected chi connectivity index (χ1v) is 24.8. The Labute approximate surface area is 401 Å². The molecule has 0 atom stereocenters. The van der Waals surface area contributed by atoms with Crippen LogP contribution in [0, 0.1) is 0 Å². The predicted octanol–water partition coefficient (Wildman–Crippen LogP) is 15.0. The normalized spacial score (nSPS) is 13.9. The Balaban J connectivity index is 1.23. The molecule has 4 heteroatoms. The van der Waals surface area contributed by atoms with E-state index in [2.05, 4.69) is 242 Å². The zero-order valence-corrected chi connectivity index (χ0v) is 41.8. The van der Waals surface area contributed by atoms with E-state index in [0.717, 1.165) is 0 Å². The van der Waals surface area contributed by atoms with E-state index in [0.29, 0.717) is 0 Å². The lowest BCUT2D eigenvalue weighted by molar-refractivity contribution is 0.590. The summed E-state index contributed by atoms with van der Waals surface area (Å²) in [4.78, 5) is 0. The van der Waals surface area contributed by atoms with Gasteiger partial charge in [-0.05, 0) is 133 Å². The van der Waals surface area contributed by atoms with Crippen LogP contribution in [-0.2, 0) is 21.7 Å². The maximum atomic E-state index is 2.67. The molecule has 0 aliphatic carbocycles. The highest BCUT2D eigenvalue weighted by Gasteiger charge is 2.43. The largest absolute Gasteiger partial charge is 0.310 e. The molecule has 0 saturated heterocycles. The van der Waals surface area contributed by atoms with Crippen molar-refractivity contribution < 1.29 is 0 Å². The van der Waals surface area contributed by atoms with Crippen LogP contribution in [0.15, 0.2) is 146 Å². The lowest BCUT2D eigenvalue weighted by Crippen LogP contribution is -2.59. The van der Waals surface area contributed by atoms with Crippen molar-refractivity contribution in [2.45, 2.75) is 105 Å². The second kappa shape index (κ2) is 13.5. The maximum Gasteiger partial charge on any atom is 0.252 e. The van der Waals surface area contributed by atoms with Gasteiger partial charge in [-0.3, -0.25) is 0 Å². The molecule has 0 N–H and O–H groups in total. The summed E-state index contributed by atoms with van der Waals surface area (Å²) in [5, 5.41) is 7.89. The van der Waals surface area contributed by atoms with Crippen LogP contribution in [0.1, 0.15) is 105 Å². The van der Waals surface area contributed by atoms with Crippen LogP contribution in [0.25, 0.3) is 93.6 Å². The van der Waals surface area contributed by atoms with E-state index >= 15 is 0 Å². The zero-order chi connectivity index (χ0) is 47.1. The number of rotatable bonds is 2. The van der Waals surface area contributed by atoms with Gasteiger partial charge in [0.05, 0.1) is 27.8 Å². The maximum absolute atomic E-state index is 2.67. The quantitative estimate of drug-likeness (QED) is 0.154. The van der Waals surface area contributed by atoms with Crippen LogP contribution >= 0.6 is 0 Å². The number of fused-ring (bicyclic) bond motifs is 13. The third kappa shape index (κ3) is 5.67. The summed E-state index contributed by atoms with van der Waals surface area (Å²) in [7, 11) is 0. The van der Waals surface area contributed by atoms with Gasteiger partial charge in [0.25, 0.3) is 6.71 Å². The highest BCUT2D eigenvalue weighted by atomic mass is 15.0. The summed E-state index contributed by atoms with van der Waals surface area (Å²) < 4.78 is 7.83. The van der Waals surface area contributed by atoms with Gasteiger partial charge in [-0.1, -0.05) is 162 Å². The van der Waals surface area contributed by atoms with E-state index in [-0.39, 0.29) is 28.4 Å². The molecule has 0 unspecified atom stereocenters. The topological polar surface area (TPSA) is 14.8 Å². The minimum absolute atomic E-state index is 0.00389. The monoisotopic (exact) mass is 881 g/mol. The van der Waals surface area contributed by atoms with Gasteiger partial charge in [-0.25, -0.2) is 0 Å². The second-order valence-electron chi connectivity index (χ2n) is 24.3. The van der Waals surface area contributed by atoms with Gasteiger partial charge in [0, 0.05) is 60.3 Å². The molecule has 334 valence electrons. The molecule has 0 radical (unpaired) electrons. The van der Waals surface area contributed by atoms with Crippen molar-refractivity contribution in [2.75, 3.05) is 0 Å². The van der Waals surface area contributed by atoms with Crippen molar-refractivity contribution in [1.29, 1.82) is 0 Å². The minimum Gasteiger partial charge on any atom is -0.310 e. The average molecular weight is 882 g/mol. The van der Waals surface area contributed by atoms with E-state index in [1.165, 1.54) is 132 Å². The molecule has 0 spiro atoms. The summed E-state index contributed by atoms with van der Waals surface area (Å²) in [6, 6.07) is 56.9. The van der Waals surface area contributed by atoms with E-state index in [9.17, 15) is 0 Å². The summed E-state index contributed by atoms with van der Waals surface area (Å²) >= 11 is 0. The number of hydrogen-bond acceptors (Lipinski definition) is 0. The summed E-state index contributed by atoms with van der Waals surface area (Å²) in [6.45, 7) is 28.4. The molecule has 3 aromatic heterocycles. The average Bonchev–Trinajstić information content (AvgIpc) is 3.93. The first kappa shape index (κ1) is 41.4. The van der Waals surface area contributed by atoms with Gasteiger partial charge in [-0.2, -0.15) is 0 Å². The molecule has 0 fully saturated rings. The predicted molar refractivity (Wildman–Crippen MR) is 294 cm³/mol. The highest BCUT2D eigenvalue weighted by Crippen LogP contribution is 2.45. The smallest absolute Gasteiger partial charge is 0.252 e. The zero-order valence-electron chi connectivity index (χ0n) is 41.8. The summed E-state index contributed by atoms with van der Waals surface area (Å²) in [5.74, 6) is 0. The van der Waals surface area contributed by atoms with E-state index in [1.54, 1.807) is 0 Å². The van der Waals surface area contributed by atoms with Crippen molar-refractivity contribution >= 4 is 88.5 Å². The Hall–Kier alpha value is -6.78. The first-order valence-electron chi connectivity index (χ1n) is 24.8. The number of benzene rings is 8. The fourth-order valence-corrected chi connectivity index (χ4v) is 12.1. The van der Waals surface area contributed by atoms with Gasteiger partial charge < -0.3 is 13.7 Å². The molecule has 8 aromatic carbocycles. The third-order valence-electron chi connectivity index (χ3n) is 15.8. The van der Waals surface area contributed by atoms with Crippen LogP contribution in [-0.4, -0.2) is 20.4 Å². The van der Waals surface area contributed by atoms with E-state index < -0.39 is 0 Å². The van der Waals surface area contributed by atoms with Crippen molar-refractivity contribution in [3.05, 3.63) is 168 Å². The molecule has 13 rings (SSSR count). The van der Waals surface area contributed by atoms with Crippen LogP contribution in [0.5, 0.6) is 0 Å². The van der Waals surface area contributed by atoms with E-state index in [4.69, 9.17) is 0 Å². The van der Waals surface area contributed by atoms with Crippen LogP contribution in [0.3, 0.4) is 0 Å². The highest BCUT2D eigenvalue weighted by molar-refractivity contribution is 7.00. The Bertz CT molecular complexity index is 3770. The third-order valence-corrected chi connectivity index (χ3v) is 15.8. The first-order chi connectivity index (χ1) is 32.3. The van der Waals surface area contributed by atoms with Gasteiger partial charge >= 0.3 is 0 Å². The standard InChI is InChI=1S/C64H60BN3/c1-61(2,3)38-25-27-54-45(31-38)47-33-40(63(7,8)9)35-49-59(47)67(54)56-29-37(42-19-13-16-22-51(42)66-52-23-17-14-20-43(52)44-21-15-18-24-53(44)66)30-57-58(56)65(49)50-36-41(64(10,11)12)34-48-46-32-39(62(4,5)6)26-28-55(46)68(57)60(48)50/h13-36H,1-12H3. The molecular formula is C64H60BN3. The second-order valence-corrected chi connectivity index (χ2v) is 24.3. The Kier molecular flexibility index (Phi) is 8.20. The summed E-state index contributed by atoms with van der Waals surface area (Å²) in [5.41, 5.74) is 23.4. The van der Waals surface area contributed by atoms with Crippen LogP contribution in [0.2, 0.25) is 0 Å². The van der Waals surface area contributed by atoms with Gasteiger partial charge in [-0.15, -0.1) is 0 Å².